The predicted octanol–water partition coefficient (Wildman–Crippen LogP) is 4.65. The molecule has 0 fully saturated rings. The molecule has 0 radical (unpaired) electrons. The molecule has 7 heteroatoms. The van der Waals surface area contributed by atoms with Crippen molar-refractivity contribution in [2.45, 2.75) is 24.6 Å². The summed E-state index contributed by atoms with van der Waals surface area (Å²) in [6.07, 6.45) is -4.81. The molecule has 0 aromatic heterocycles. The first-order valence-electron chi connectivity index (χ1n) is 9.55. The molecule has 2 N–H and O–H groups in total. The SMILES string of the molecule is O=C(N[C@@H](Cc1cccc(C(F)(F)F)c1)C(=O)O)C(c1ccccc1)c1ccccc1. The van der Waals surface area contributed by atoms with Crippen LogP contribution in [0.2, 0.25) is 0 Å². The van der Waals surface area contributed by atoms with E-state index >= 15 is 0 Å². The van der Waals surface area contributed by atoms with E-state index in [4.69, 9.17) is 0 Å². The summed E-state index contributed by atoms with van der Waals surface area (Å²) in [6.45, 7) is 0. The Bertz CT molecular complexity index is 997. The number of carboxylic acids is 1. The molecule has 0 saturated heterocycles. The Morgan fingerprint density at radius 2 is 1.39 bits per heavy atom. The Hall–Kier alpha value is -3.61. The number of halogens is 3. The molecule has 4 nitrogen and oxygen atoms in total. The van der Waals surface area contributed by atoms with Crippen LogP contribution in [-0.2, 0) is 22.2 Å². The molecular weight excluding hydrogens is 407 g/mol. The lowest BCUT2D eigenvalue weighted by Crippen LogP contribution is -2.44. The van der Waals surface area contributed by atoms with Crippen LogP contribution >= 0.6 is 0 Å². The Morgan fingerprint density at radius 1 is 0.839 bits per heavy atom. The highest BCUT2D eigenvalue weighted by atomic mass is 19.4. The van der Waals surface area contributed by atoms with Crippen LogP contribution in [0.4, 0.5) is 13.2 Å². The highest BCUT2D eigenvalue weighted by molar-refractivity contribution is 5.90. The summed E-state index contributed by atoms with van der Waals surface area (Å²) in [5, 5.41) is 12.1. The minimum Gasteiger partial charge on any atom is -0.480 e. The summed E-state index contributed by atoms with van der Waals surface area (Å²) in [7, 11) is 0. The Balaban J connectivity index is 1.86. The third-order valence-electron chi connectivity index (χ3n) is 4.84. The molecule has 0 spiro atoms. The molecule has 160 valence electrons. The molecule has 0 heterocycles. The van der Waals surface area contributed by atoms with Crippen molar-refractivity contribution in [3.63, 3.8) is 0 Å². The van der Waals surface area contributed by atoms with Crippen molar-refractivity contribution in [2.24, 2.45) is 0 Å². The van der Waals surface area contributed by atoms with Gasteiger partial charge in [-0.2, -0.15) is 13.2 Å². The monoisotopic (exact) mass is 427 g/mol. The lowest BCUT2D eigenvalue weighted by atomic mass is 9.90. The zero-order chi connectivity index (χ0) is 22.4. The number of amides is 1. The zero-order valence-corrected chi connectivity index (χ0v) is 16.3. The second-order valence-corrected chi connectivity index (χ2v) is 7.06. The van der Waals surface area contributed by atoms with E-state index in [-0.39, 0.29) is 12.0 Å². The van der Waals surface area contributed by atoms with Crippen LogP contribution in [0.5, 0.6) is 0 Å². The third-order valence-corrected chi connectivity index (χ3v) is 4.84. The molecule has 0 saturated carbocycles. The van der Waals surface area contributed by atoms with Gasteiger partial charge in [-0.1, -0.05) is 78.9 Å². The van der Waals surface area contributed by atoms with Gasteiger partial charge in [-0.05, 0) is 22.8 Å². The van der Waals surface area contributed by atoms with Crippen LogP contribution < -0.4 is 5.32 Å². The summed E-state index contributed by atoms with van der Waals surface area (Å²) in [5.41, 5.74) is 0.647. The summed E-state index contributed by atoms with van der Waals surface area (Å²) < 4.78 is 38.9. The average Bonchev–Trinajstić information content (AvgIpc) is 2.74. The minimum atomic E-state index is -4.54. The molecule has 0 aliphatic rings. The van der Waals surface area contributed by atoms with Crippen LogP contribution in [0.25, 0.3) is 0 Å². The standard InChI is InChI=1S/C24H20F3NO3/c25-24(26,27)19-13-7-8-16(14-19)15-20(23(30)31)28-22(29)21(17-9-3-1-4-10-17)18-11-5-2-6-12-18/h1-14,20-21H,15H2,(H,28,29)(H,30,31)/t20-/m0/s1. The maximum Gasteiger partial charge on any atom is 0.416 e. The van der Waals surface area contributed by atoms with Gasteiger partial charge >= 0.3 is 12.1 Å². The van der Waals surface area contributed by atoms with Crippen molar-refractivity contribution in [1.82, 2.24) is 5.32 Å². The van der Waals surface area contributed by atoms with Gasteiger partial charge in [0, 0.05) is 6.42 Å². The quantitative estimate of drug-likeness (QED) is 0.577. The molecule has 1 atom stereocenters. The molecule has 1 amide bonds. The maximum absolute atomic E-state index is 13.1. The van der Waals surface area contributed by atoms with E-state index in [2.05, 4.69) is 5.32 Å². The lowest BCUT2D eigenvalue weighted by Gasteiger charge is -2.21. The molecule has 0 bridgehead atoms. The van der Waals surface area contributed by atoms with Gasteiger partial charge in [-0.3, -0.25) is 4.79 Å². The van der Waals surface area contributed by atoms with Gasteiger partial charge in [0.25, 0.3) is 0 Å². The van der Waals surface area contributed by atoms with Gasteiger partial charge < -0.3 is 10.4 Å². The van der Waals surface area contributed by atoms with Crippen molar-refractivity contribution in [3.8, 4) is 0 Å². The normalized spacial score (nSPS) is 12.4. The van der Waals surface area contributed by atoms with Gasteiger partial charge in [0.15, 0.2) is 0 Å². The van der Waals surface area contributed by atoms with Crippen molar-refractivity contribution in [2.75, 3.05) is 0 Å². The number of alkyl halides is 3. The second-order valence-electron chi connectivity index (χ2n) is 7.06. The highest BCUT2D eigenvalue weighted by Crippen LogP contribution is 2.30. The van der Waals surface area contributed by atoms with E-state index in [9.17, 15) is 27.9 Å². The maximum atomic E-state index is 13.1. The number of benzene rings is 3. The van der Waals surface area contributed by atoms with Gasteiger partial charge in [0.2, 0.25) is 5.91 Å². The van der Waals surface area contributed by atoms with Crippen molar-refractivity contribution < 1.29 is 27.9 Å². The van der Waals surface area contributed by atoms with Crippen LogP contribution in [0.15, 0.2) is 84.9 Å². The second kappa shape index (κ2) is 9.47. The Labute approximate surface area is 177 Å². The van der Waals surface area contributed by atoms with E-state index in [1.54, 1.807) is 60.7 Å². The van der Waals surface area contributed by atoms with E-state index in [1.165, 1.54) is 12.1 Å². The smallest absolute Gasteiger partial charge is 0.416 e. The fraction of sp³-hybridized carbons (Fsp3) is 0.167. The molecule has 3 aromatic carbocycles. The number of carboxylic acid groups (broad SMARTS) is 1. The number of hydrogen-bond acceptors (Lipinski definition) is 2. The number of hydrogen-bond donors (Lipinski definition) is 2. The van der Waals surface area contributed by atoms with Gasteiger partial charge in [0.1, 0.15) is 6.04 Å². The van der Waals surface area contributed by atoms with E-state index < -0.39 is 35.6 Å². The summed E-state index contributed by atoms with van der Waals surface area (Å²) >= 11 is 0. The minimum absolute atomic E-state index is 0.165. The average molecular weight is 427 g/mol. The number of nitrogens with one attached hydrogen (secondary N) is 1. The first-order valence-corrected chi connectivity index (χ1v) is 9.55. The highest BCUT2D eigenvalue weighted by Gasteiger charge is 2.31. The molecule has 31 heavy (non-hydrogen) atoms. The predicted molar refractivity (Wildman–Crippen MR) is 109 cm³/mol. The van der Waals surface area contributed by atoms with Crippen LogP contribution in [-0.4, -0.2) is 23.0 Å². The zero-order valence-electron chi connectivity index (χ0n) is 16.3. The molecule has 3 aromatic rings. The fourth-order valence-electron chi connectivity index (χ4n) is 3.35. The molecule has 0 aliphatic carbocycles. The fourth-order valence-corrected chi connectivity index (χ4v) is 3.35. The van der Waals surface area contributed by atoms with E-state index in [0.717, 1.165) is 12.1 Å². The first-order chi connectivity index (χ1) is 14.8. The first kappa shape index (κ1) is 22.1. The molecule has 0 aliphatic heterocycles. The van der Waals surface area contributed by atoms with Gasteiger partial charge in [0.05, 0.1) is 11.5 Å². The lowest BCUT2D eigenvalue weighted by molar-refractivity contribution is -0.141. The Morgan fingerprint density at radius 3 is 1.87 bits per heavy atom. The topological polar surface area (TPSA) is 66.4 Å². The summed E-state index contributed by atoms with van der Waals surface area (Å²) in [4.78, 5) is 24.9. The van der Waals surface area contributed by atoms with Crippen LogP contribution in [0, 0.1) is 0 Å². The molecule has 0 unspecified atom stereocenters. The third kappa shape index (κ3) is 5.72. The summed E-state index contributed by atoms with van der Waals surface area (Å²) in [5.74, 6) is -2.63. The van der Waals surface area contributed by atoms with Gasteiger partial charge in [-0.25, -0.2) is 4.79 Å². The molecule has 3 rings (SSSR count). The van der Waals surface area contributed by atoms with E-state index in [1.807, 2.05) is 0 Å². The van der Waals surface area contributed by atoms with Gasteiger partial charge in [-0.15, -0.1) is 0 Å². The number of aliphatic carboxylic acids is 1. The van der Waals surface area contributed by atoms with Crippen molar-refractivity contribution >= 4 is 11.9 Å². The van der Waals surface area contributed by atoms with Crippen LogP contribution in [0.1, 0.15) is 28.2 Å². The Kier molecular flexibility index (Phi) is 6.74. The van der Waals surface area contributed by atoms with Crippen LogP contribution in [0.3, 0.4) is 0 Å². The van der Waals surface area contributed by atoms with E-state index in [0.29, 0.717) is 11.1 Å². The number of carbonyl (C=O) groups excluding carboxylic acids is 1. The largest absolute Gasteiger partial charge is 0.480 e. The van der Waals surface area contributed by atoms with Crippen molar-refractivity contribution in [3.05, 3.63) is 107 Å². The molecular formula is C24H20F3NO3. The number of carbonyl (C=O) groups is 2. The van der Waals surface area contributed by atoms with Crippen molar-refractivity contribution in [1.29, 1.82) is 0 Å². The number of rotatable bonds is 7. The summed E-state index contributed by atoms with van der Waals surface area (Å²) in [6, 6.07) is 20.8.